The molecule has 0 saturated carbocycles. The van der Waals surface area contributed by atoms with Crippen molar-refractivity contribution in [2.45, 2.75) is 6.61 Å². The van der Waals surface area contributed by atoms with Gasteiger partial charge in [-0.2, -0.15) is 5.26 Å². The number of anilines is 1. The number of amides is 3. The minimum atomic E-state index is -0.575. The van der Waals surface area contributed by atoms with Gasteiger partial charge in [-0.1, -0.05) is 34.1 Å². The summed E-state index contributed by atoms with van der Waals surface area (Å²) in [6.45, 7) is -0.265. The standard InChI is InChI=1S/C28H22BrN3O6S/c1-36-21-9-7-20(8-10-21)31-26(33)15-32-27(34)25(39-28(32)35)12-19-11-23(37-2)24(13-22(19)29)38-16-18-6-4-3-5-17(18)14-30/h3-13H,15-16H2,1-2H3,(H,31,33)/b25-12+. The fraction of sp³-hybridized carbons (Fsp3) is 0.143. The second kappa shape index (κ2) is 12.5. The average molecular weight is 608 g/mol. The second-order valence-corrected chi connectivity index (χ2v) is 9.97. The van der Waals surface area contributed by atoms with Crippen LogP contribution >= 0.6 is 27.7 Å². The van der Waals surface area contributed by atoms with Crippen LogP contribution < -0.4 is 19.5 Å². The van der Waals surface area contributed by atoms with Gasteiger partial charge in [0.15, 0.2) is 11.5 Å². The third kappa shape index (κ3) is 6.60. The maximum absolute atomic E-state index is 13.0. The number of imide groups is 1. The monoisotopic (exact) mass is 607 g/mol. The molecule has 11 heteroatoms. The first-order valence-corrected chi connectivity index (χ1v) is 13.1. The summed E-state index contributed by atoms with van der Waals surface area (Å²) < 4.78 is 17.1. The molecule has 9 nitrogen and oxygen atoms in total. The normalized spacial score (nSPS) is 13.8. The van der Waals surface area contributed by atoms with Gasteiger partial charge in [0.1, 0.15) is 18.9 Å². The van der Waals surface area contributed by atoms with Gasteiger partial charge in [0.2, 0.25) is 5.91 Å². The van der Waals surface area contributed by atoms with Crippen molar-refractivity contribution in [3.05, 3.63) is 86.7 Å². The molecule has 0 radical (unpaired) electrons. The van der Waals surface area contributed by atoms with Crippen molar-refractivity contribution >= 4 is 56.5 Å². The molecular weight excluding hydrogens is 586 g/mol. The zero-order valence-electron chi connectivity index (χ0n) is 20.9. The van der Waals surface area contributed by atoms with E-state index >= 15 is 0 Å². The van der Waals surface area contributed by atoms with E-state index in [0.29, 0.717) is 38.5 Å². The Morgan fingerprint density at radius 3 is 2.51 bits per heavy atom. The number of halogens is 1. The van der Waals surface area contributed by atoms with Crippen LogP contribution in [0, 0.1) is 11.3 Å². The highest BCUT2D eigenvalue weighted by Crippen LogP contribution is 2.38. The molecule has 1 saturated heterocycles. The van der Waals surface area contributed by atoms with Gasteiger partial charge in [0, 0.05) is 15.7 Å². The number of nitriles is 1. The van der Waals surface area contributed by atoms with Gasteiger partial charge in [-0.3, -0.25) is 19.3 Å². The lowest BCUT2D eigenvalue weighted by atomic mass is 10.1. The van der Waals surface area contributed by atoms with Crippen LogP contribution in [0.2, 0.25) is 0 Å². The zero-order valence-corrected chi connectivity index (χ0v) is 23.3. The highest BCUT2D eigenvalue weighted by Gasteiger charge is 2.36. The van der Waals surface area contributed by atoms with Gasteiger partial charge in [-0.15, -0.1) is 0 Å². The molecule has 1 fully saturated rings. The van der Waals surface area contributed by atoms with Crippen LogP contribution in [0.4, 0.5) is 10.5 Å². The van der Waals surface area contributed by atoms with E-state index in [4.69, 9.17) is 14.2 Å². The van der Waals surface area contributed by atoms with E-state index in [-0.39, 0.29) is 11.5 Å². The first kappa shape index (κ1) is 27.8. The number of hydrogen-bond donors (Lipinski definition) is 1. The maximum atomic E-state index is 13.0. The molecule has 1 N–H and O–H groups in total. The first-order chi connectivity index (χ1) is 18.8. The topological polar surface area (TPSA) is 118 Å². The lowest BCUT2D eigenvalue weighted by Gasteiger charge is -2.14. The number of benzene rings is 3. The van der Waals surface area contributed by atoms with Crippen molar-refractivity contribution in [1.82, 2.24) is 4.90 Å². The van der Waals surface area contributed by atoms with Crippen molar-refractivity contribution in [2.24, 2.45) is 0 Å². The van der Waals surface area contributed by atoms with E-state index in [0.717, 1.165) is 22.2 Å². The molecule has 0 unspecified atom stereocenters. The summed E-state index contributed by atoms with van der Waals surface area (Å²) in [6, 6.07) is 19.3. The molecule has 4 rings (SSSR count). The SMILES string of the molecule is COc1ccc(NC(=O)CN2C(=O)S/C(=C/c3cc(OC)c(OCc4ccccc4C#N)cc3Br)C2=O)cc1. The average Bonchev–Trinajstić information content (AvgIpc) is 3.20. The van der Waals surface area contributed by atoms with Crippen LogP contribution in [0.25, 0.3) is 6.08 Å². The predicted molar refractivity (Wildman–Crippen MR) is 150 cm³/mol. The van der Waals surface area contributed by atoms with Crippen molar-refractivity contribution < 1.29 is 28.6 Å². The molecule has 0 bridgehead atoms. The molecule has 1 aliphatic rings. The molecule has 3 amide bonds. The van der Waals surface area contributed by atoms with Crippen LogP contribution in [-0.2, 0) is 16.2 Å². The molecule has 0 aliphatic carbocycles. The predicted octanol–water partition coefficient (Wildman–Crippen LogP) is 5.59. The third-order valence-electron chi connectivity index (χ3n) is 5.64. The van der Waals surface area contributed by atoms with Gasteiger partial charge in [-0.25, -0.2) is 0 Å². The Kier molecular flexibility index (Phi) is 8.91. The summed E-state index contributed by atoms with van der Waals surface area (Å²) in [5.74, 6) is 0.380. The molecule has 3 aromatic carbocycles. The molecule has 0 spiro atoms. The van der Waals surface area contributed by atoms with Crippen LogP contribution in [-0.4, -0.2) is 42.7 Å². The molecule has 39 heavy (non-hydrogen) atoms. The molecule has 1 heterocycles. The Morgan fingerprint density at radius 2 is 1.82 bits per heavy atom. The highest BCUT2D eigenvalue weighted by atomic mass is 79.9. The smallest absolute Gasteiger partial charge is 0.294 e. The van der Waals surface area contributed by atoms with Gasteiger partial charge in [0.25, 0.3) is 11.1 Å². The van der Waals surface area contributed by atoms with Crippen LogP contribution in [0.1, 0.15) is 16.7 Å². The number of carbonyl (C=O) groups excluding carboxylic acids is 3. The van der Waals surface area contributed by atoms with Crippen molar-refractivity contribution in [1.29, 1.82) is 5.26 Å². The van der Waals surface area contributed by atoms with Crippen LogP contribution in [0.3, 0.4) is 0 Å². The lowest BCUT2D eigenvalue weighted by molar-refractivity contribution is -0.127. The molecule has 198 valence electrons. The number of nitrogens with one attached hydrogen (secondary N) is 1. The Bertz CT molecular complexity index is 1500. The van der Waals surface area contributed by atoms with E-state index in [1.807, 2.05) is 12.1 Å². The van der Waals surface area contributed by atoms with Crippen molar-refractivity contribution in [2.75, 3.05) is 26.1 Å². The Hall–Kier alpha value is -4.27. The van der Waals surface area contributed by atoms with Gasteiger partial charge >= 0.3 is 0 Å². The van der Waals surface area contributed by atoms with Gasteiger partial charge in [0.05, 0.1) is 30.8 Å². The van der Waals surface area contributed by atoms with E-state index < -0.39 is 23.6 Å². The Morgan fingerprint density at radius 1 is 1.08 bits per heavy atom. The van der Waals surface area contributed by atoms with Crippen molar-refractivity contribution in [3.63, 3.8) is 0 Å². The fourth-order valence-electron chi connectivity index (χ4n) is 3.64. The number of thioether (sulfide) groups is 1. The largest absolute Gasteiger partial charge is 0.497 e. The van der Waals surface area contributed by atoms with Gasteiger partial charge in [-0.05, 0) is 65.9 Å². The third-order valence-corrected chi connectivity index (χ3v) is 7.23. The number of carbonyl (C=O) groups is 3. The molecule has 3 aromatic rings. The first-order valence-electron chi connectivity index (χ1n) is 11.5. The number of methoxy groups -OCH3 is 2. The van der Waals surface area contributed by atoms with Gasteiger partial charge < -0.3 is 19.5 Å². The number of rotatable bonds is 9. The second-order valence-electron chi connectivity index (χ2n) is 8.13. The maximum Gasteiger partial charge on any atom is 0.294 e. The zero-order chi connectivity index (χ0) is 27.9. The van der Waals surface area contributed by atoms with E-state index in [2.05, 4.69) is 27.3 Å². The molecule has 0 atom stereocenters. The quantitative estimate of drug-likeness (QED) is 0.313. The summed E-state index contributed by atoms with van der Waals surface area (Å²) in [6.07, 6.45) is 1.55. The van der Waals surface area contributed by atoms with Crippen molar-refractivity contribution in [3.8, 4) is 23.3 Å². The lowest BCUT2D eigenvalue weighted by Crippen LogP contribution is -2.36. The summed E-state index contributed by atoms with van der Waals surface area (Å²) in [5.41, 5.74) is 2.33. The Labute approximate surface area is 237 Å². The van der Waals surface area contributed by atoms with E-state index in [1.165, 1.54) is 14.2 Å². The number of hydrogen-bond acceptors (Lipinski definition) is 8. The van der Waals surface area contributed by atoms with E-state index in [1.54, 1.807) is 54.6 Å². The summed E-state index contributed by atoms with van der Waals surface area (Å²) >= 11 is 4.23. The summed E-state index contributed by atoms with van der Waals surface area (Å²) in [5, 5.41) is 11.4. The molecule has 1 aliphatic heterocycles. The number of nitrogens with zero attached hydrogens (tertiary/aromatic N) is 2. The van der Waals surface area contributed by atoms with Crippen LogP contribution in [0.5, 0.6) is 17.2 Å². The minimum absolute atomic E-state index is 0.156. The van der Waals surface area contributed by atoms with E-state index in [9.17, 15) is 19.6 Å². The molecular formula is C28H22BrN3O6S. The minimum Gasteiger partial charge on any atom is -0.497 e. The fourth-order valence-corrected chi connectivity index (χ4v) is 4.91. The Balaban J connectivity index is 1.46. The van der Waals surface area contributed by atoms with Crippen LogP contribution in [0.15, 0.2) is 70.0 Å². The molecule has 0 aromatic heterocycles. The highest BCUT2D eigenvalue weighted by molar-refractivity contribution is 9.10. The summed E-state index contributed by atoms with van der Waals surface area (Å²) in [7, 11) is 3.02. The number of ether oxygens (including phenoxy) is 3. The summed E-state index contributed by atoms with van der Waals surface area (Å²) in [4.78, 5) is 39.1.